The van der Waals surface area contributed by atoms with Gasteiger partial charge in [-0.3, -0.25) is 4.79 Å². The van der Waals surface area contributed by atoms with Gasteiger partial charge in [0.05, 0.1) is 0 Å². The van der Waals surface area contributed by atoms with Crippen LogP contribution in [0.15, 0.2) is 11.8 Å². The molecule has 1 aliphatic rings. The minimum Gasteiger partial charge on any atom is -0.504 e. The second-order valence-electron chi connectivity index (χ2n) is 2.02. The topological polar surface area (TPSA) is 88.6 Å². The normalized spacial score (nSPS) is 23.1. The van der Waals surface area contributed by atoms with Crippen molar-refractivity contribution >= 4 is 18.0 Å². The van der Waals surface area contributed by atoms with Gasteiger partial charge in [-0.05, 0) is 0 Å². The fraction of sp³-hybridized carbons (Fsp3) is 0.167. The highest BCUT2D eigenvalue weighted by molar-refractivity contribution is 6.10. The standard InChI is InChI=1S/C6H5NO4/c8-3-1-2-7-4(5(3)9)6(10)11/h1-2,4,8H,(H,10,11)/p+1. The van der Waals surface area contributed by atoms with Crippen LogP contribution in [0.25, 0.3) is 0 Å². The summed E-state index contributed by atoms with van der Waals surface area (Å²) in [4.78, 5) is 23.3. The van der Waals surface area contributed by atoms with Gasteiger partial charge in [0.15, 0.2) is 12.0 Å². The smallest absolute Gasteiger partial charge is 0.381 e. The van der Waals surface area contributed by atoms with E-state index in [-0.39, 0.29) is 0 Å². The number of ketones is 1. The van der Waals surface area contributed by atoms with Gasteiger partial charge in [0, 0.05) is 6.08 Å². The zero-order valence-corrected chi connectivity index (χ0v) is 5.44. The highest BCUT2D eigenvalue weighted by atomic mass is 16.4. The third-order valence-electron chi connectivity index (χ3n) is 1.27. The molecule has 5 nitrogen and oxygen atoms in total. The Balaban J connectivity index is 2.90. The lowest BCUT2D eigenvalue weighted by atomic mass is 10.1. The average molecular weight is 156 g/mol. The maximum absolute atomic E-state index is 10.8. The number of aliphatic hydroxyl groups excluding tert-OH is 1. The number of nitrogens with one attached hydrogen (secondary N) is 1. The van der Waals surface area contributed by atoms with Crippen molar-refractivity contribution in [1.82, 2.24) is 0 Å². The first-order valence-electron chi connectivity index (χ1n) is 2.88. The molecule has 5 heteroatoms. The lowest BCUT2D eigenvalue weighted by Gasteiger charge is -2.02. The van der Waals surface area contributed by atoms with E-state index in [0.29, 0.717) is 0 Å². The molecule has 0 aliphatic carbocycles. The second-order valence-corrected chi connectivity index (χ2v) is 2.02. The van der Waals surface area contributed by atoms with E-state index in [0.717, 1.165) is 6.08 Å². The Hall–Kier alpha value is -1.65. The van der Waals surface area contributed by atoms with Crippen molar-refractivity contribution < 1.29 is 24.8 Å². The van der Waals surface area contributed by atoms with E-state index in [9.17, 15) is 9.59 Å². The average Bonchev–Trinajstić information content (AvgIpc) is 1.94. The van der Waals surface area contributed by atoms with E-state index in [4.69, 9.17) is 10.2 Å². The number of hydrogen-bond acceptors (Lipinski definition) is 3. The number of carboxylic acids is 1. The van der Waals surface area contributed by atoms with Gasteiger partial charge in [-0.2, -0.15) is 0 Å². The van der Waals surface area contributed by atoms with Crippen LogP contribution < -0.4 is 4.99 Å². The van der Waals surface area contributed by atoms with Crippen LogP contribution in [0.1, 0.15) is 0 Å². The quantitative estimate of drug-likeness (QED) is 0.370. The molecule has 1 heterocycles. The number of allylic oxidation sites excluding steroid dienone is 1. The van der Waals surface area contributed by atoms with E-state index < -0.39 is 23.6 Å². The minimum atomic E-state index is -1.35. The van der Waals surface area contributed by atoms with Crippen molar-refractivity contribution in [2.75, 3.05) is 0 Å². The second kappa shape index (κ2) is 2.53. The van der Waals surface area contributed by atoms with Gasteiger partial charge in [-0.25, -0.2) is 9.79 Å². The summed E-state index contributed by atoms with van der Waals surface area (Å²) in [5.74, 6) is -2.65. The van der Waals surface area contributed by atoms with Crippen LogP contribution >= 0.6 is 0 Å². The van der Waals surface area contributed by atoms with E-state index in [1.165, 1.54) is 6.21 Å². The van der Waals surface area contributed by atoms with Gasteiger partial charge in [0.25, 0.3) is 5.78 Å². The van der Waals surface area contributed by atoms with E-state index in [1.54, 1.807) is 0 Å². The molecule has 1 aliphatic heterocycles. The van der Waals surface area contributed by atoms with Crippen molar-refractivity contribution in [2.45, 2.75) is 6.04 Å². The van der Waals surface area contributed by atoms with Crippen LogP contribution in [-0.2, 0) is 9.59 Å². The summed E-state index contributed by atoms with van der Waals surface area (Å²) in [6.45, 7) is 0. The Bertz CT molecular complexity index is 266. The Labute approximate surface area is 61.7 Å². The molecule has 1 rings (SSSR count). The molecule has 0 aromatic rings. The van der Waals surface area contributed by atoms with Crippen LogP contribution in [0.4, 0.5) is 0 Å². The minimum absolute atomic E-state index is 0.531. The summed E-state index contributed by atoms with van der Waals surface area (Å²) < 4.78 is 0. The van der Waals surface area contributed by atoms with Crippen molar-refractivity contribution in [3.8, 4) is 0 Å². The molecule has 3 N–H and O–H groups in total. The molecule has 0 radical (unpaired) electrons. The summed E-state index contributed by atoms with van der Waals surface area (Å²) >= 11 is 0. The molecule has 1 unspecified atom stereocenters. The fourth-order valence-corrected chi connectivity index (χ4v) is 0.712. The van der Waals surface area contributed by atoms with Crippen LogP contribution in [0.2, 0.25) is 0 Å². The summed E-state index contributed by atoms with van der Waals surface area (Å²) in [5, 5.41) is 17.2. The third-order valence-corrected chi connectivity index (χ3v) is 1.27. The number of carboxylic acid groups (broad SMARTS) is 1. The molecule has 0 fully saturated rings. The first kappa shape index (κ1) is 7.46. The summed E-state index contributed by atoms with van der Waals surface area (Å²) in [6.07, 6.45) is 2.33. The molecule has 0 saturated carbocycles. The first-order valence-corrected chi connectivity index (χ1v) is 2.88. The number of aliphatic hydroxyl groups is 1. The summed E-state index contributed by atoms with van der Waals surface area (Å²) in [6, 6.07) is -1.35. The van der Waals surface area contributed by atoms with Crippen molar-refractivity contribution in [3.05, 3.63) is 11.8 Å². The molecule has 0 aromatic carbocycles. The molecule has 0 amide bonds. The van der Waals surface area contributed by atoms with Crippen LogP contribution in [0.3, 0.4) is 0 Å². The predicted molar refractivity (Wildman–Crippen MR) is 34.2 cm³/mol. The van der Waals surface area contributed by atoms with E-state index >= 15 is 0 Å². The highest BCUT2D eigenvalue weighted by Gasteiger charge is 2.35. The van der Waals surface area contributed by atoms with Crippen LogP contribution in [-0.4, -0.2) is 34.2 Å². The Morgan fingerprint density at radius 3 is 2.73 bits per heavy atom. The van der Waals surface area contributed by atoms with Gasteiger partial charge in [-0.1, -0.05) is 0 Å². The zero-order chi connectivity index (χ0) is 8.43. The monoisotopic (exact) mass is 156 g/mol. The van der Waals surface area contributed by atoms with Gasteiger partial charge in [0.2, 0.25) is 0 Å². The van der Waals surface area contributed by atoms with Gasteiger partial charge >= 0.3 is 12.0 Å². The Morgan fingerprint density at radius 1 is 1.64 bits per heavy atom. The fourth-order valence-electron chi connectivity index (χ4n) is 0.712. The molecular weight excluding hydrogens is 150 g/mol. The highest BCUT2D eigenvalue weighted by Crippen LogP contribution is 1.94. The van der Waals surface area contributed by atoms with Crippen molar-refractivity contribution in [1.29, 1.82) is 0 Å². The van der Waals surface area contributed by atoms with Crippen molar-refractivity contribution in [2.24, 2.45) is 0 Å². The van der Waals surface area contributed by atoms with Gasteiger partial charge < -0.3 is 10.2 Å². The maximum atomic E-state index is 10.8. The van der Waals surface area contributed by atoms with Gasteiger partial charge in [-0.15, -0.1) is 0 Å². The lowest BCUT2D eigenvalue weighted by Crippen LogP contribution is -2.82. The molecule has 0 bridgehead atoms. The van der Waals surface area contributed by atoms with Gasteiger partial charge in [0.1, 0.15) is 0 Å². The van der Waals surface area contributed by atoms with Crippen LogP contribution in [0, 0.1) is 0 Å². The predicted octanol–water partition coefficient (Wildman–Crippen LogP) is -2.38. The molecule has 0 aromatic heterocycles. The third kappa shape index (κ3) is 1.26. The maximum Gasteiger partial charge on any atom is 0.381 e. The SMILES string of the molecule is O=C(O)C1[NH+]=CC=C(O)C1=O. The summed E-state index contributed by atoms with van der Waals surface area (Å²) in [7, 11) is 0. The number of rotatable bonds is 1. The Morgan fingerprint density at radius 2 is 2.27 bits per heavy atom. The van der Waals surface area contributed by atoms with E-state index in [2.05, 4.69) is 4.99 Å². The van der Waals surface area contributed by atoms with E-state index in [1.807, 2.05) is 0 Å². The number of aliphatic carboxylic acids is 1. The molecular formula is C6H6NO4+. The number of hydrogen-bond donors (Lipinski definition) is 3. The van der Waals surface area contributed by atoms with Crippen molar-refractivity contribution in [3.63, 3.8) is 0 Å². The first-order chi connectivity index (χ1) is 5.13. The molecule has 1 atom stereocenters. The molecule has 58 valence electrons. The molecule has 11 heavy (non-hydrogen) atoms. The summed E-state index contributed by atoms with van der Waals surface area (Å²) in [5.41, 5.74) is 0. The zero-order valence-electron chi connectivity index (χ0n) is 5.44. The number of Topliss-reactive ketones (excluding diaryl/α,β-unsaturated/α-hetero) is 1. The molecule has 0 spiro atoms. The lowest BCUT2D eigenvalue weighted by molar-refractivity contribution is -0.470. The number of carbonyl (C=O) groups excluding carboxylic acids is 1. The largest absolute Gasteiger partial charge is 0.504 e. The Kier molecular flexibility index (Phi) is 1.72. The molecule has 0 saturated heterocycles. The number of carbonyl (C=O) groups is 2. The van der Waals surface area contributed by atoms with Crippen LogP contribution in [0.5, 0.6) is 0 Å².